The number of rotatable bonds is 4. The molecule has 22 heavy (non-hydrogen) atoms. The summed E-state index contributed by atoms with van der Waals surface area (Å²) in [6.07, 6.45) is -0.853. The summed E-state index contributed by atoms with van der Waals surface area (Å²) in [4.78, 5) is 12.7. The van der Waals surface area contributed by atoms with Crippen LogP contribution in [0.5, 0.6) is 0 Å². The summed E-state index contributed by atoms with van der Waals surface area (Å²) in [5.74, 6) is -0.288. The highest BCUT2D eigenvalue weighted by Crippen LogP contribution is 2.32. The van der Waals surface area contributed by atoms with Gasteiger partial charge < -0.3 is 10.6 Å². The minimum absolute atomic E-state index is 0.288. The van der Waals surface area contributed by atoms with Crippen molar-refractivity contribution in [2.24, 2.45) is 0 Å². The first-order chi connectivity index (χ1) is 10.3. The monoisotopic (exact) mass is 376 g/mol. The van der Waals surface area contributed by atoms with E-state index in [0.29, 0.717) is 4.88 Å². The first-order valence-corrected chi connectivity index (χ1v) is 8.53. The molecule has 2 rings (SSSR count). The Morgan fingerprint density at radius 1 is 1.23 bits per heavy atom. The Balaban J connectivity index is 2.18. The van der Waals surface area contributed by atoms with Gasteiger partial charge in [0.05, 0.1) is 4.88 Å². The van der Waals surface area contributed by atoms with Crippen LogP contribution in [0.15, 0.2) is 35.7 Å². The number of hydrogen-bond donors (Lipinski definition) is 2. The van der Waals surface area contributed by atoms with Gasteiger partial charge in [-0.25, -0.2) is 0 Å². The quantitative estimate of drug-likeness (QED) is 0.587. The van der Waals surface area contributed by atoms with E-state index in [1.165, 1.54) is 11.3 Å². The first-order valence-electron chi connectivity index (χ1n) is 6.52. The first kappa shape index (κ1) is 17.4. The van der Waals surface area contributed by atoms with E-state index in [2.05, 4.69) is 10.6 Å². The molecule has 0 fully saturated rings. The lowest BCUT2D eigenvalue weighted by Gasteiger charge is -2.28. The number of carbonyl (C=O) groups is 1. The Bertz CT molecular complexity index is 653. The maximum atomic E-state index is 12.2. The second kappa shape index (κ2) is 7.09. The van der Waals surface area contributed by atoms with Crippen LogP contribution in [0, 0.1) is 13.8 Å². The Kier molecular flexibility index (Phi) is 5.61. The second-order valence-corrected chi connectivity index (χ2v) is 8.20. The molecule has 0 saturated heterocycles. The smallest absolute Gasteiger partial charge is 0.263 e. The molecule has 0 radical (unpaired) electrons. The van der Waals surface area contributed by atoms with Gasteiger partial charge in [0.15, 0.2) is 0 Å². The average Bonchev–Trinajstić information content (AvgIpc) is 2.93. The van der Waals surface area contributed by atoms with Crippen molar-refractivity contribution in [3.8, 4) is 0 Å². The van der Waals surface area contributed by atoms with E-state index >= 15 is 0 Å². The van der Waals surface area contributed by atoms with Crippen LogP contribution in [-0.2, 0) is 0 Å². The highest BCUT2D eigenvalue weighted by molar-refractivity contribution is 7.12. The van der Waals surface area contributed by atoms with Crippen molar-refractivity contribution in [1.29, 1.82) is 0 Å². The zero-order chi connectivity index (χ0) is 16.3. The molecule has 0 spiro atoms. The maximum Gasteiger partial charge on any atom is 0.263 e. The van der Waals surface area contributed by atoms with Crippen molar-refractivity contribution in [3.05, 3.63) is 51.7 Å². The number of halogens is 3. The third-order valence-corrected chi connectivity index (χ3v) is 4.55. The predicted octanol–water partition coefficient (Wildman–Crippen LogP) is 4.90. The Morgan fingerprint density at radius 2 is 1.95 bits per heavy atom. The summed E-state index contributed by atoms with van der Waals surface area (Å²) >= 11 is 19.3. The second-order valence-electron chi connectivity index (χ2n) is 4.89. The van der Waals surface area contributed by atoms with Gasteiger partial charge in [0.1, 0.15) is 6.17 Å². The molecule has 3 nitrogen and oxygen atoms in total. The van der Waals surface area contributed by atoms with Gasteiger partial charge in [0.25, 0.3) is 5.91 Å². The number of aryl methyl sites for hydroxylation is 2. The van der Waals surface area contributed by atoms with Crippen LogP contribution in [0.4, 0.5) is 5.69 Å². The lowest BCUT2D eigenvalue weighted by atomic mass is 10.1. The summed E-state index contributed by atoms with van der Waals surface area (Å²) in [5.41, 5.74) is 2.94. The fraction of sp³-hybridized carbons (Fsp3) is 0.267. The highest BCUT2D eigenvalue weighted by atomic mass is 35.6. The molecule has 1 aromatic carbocycles. The van der Waals surface area contributed by atoms with E-state index < -0.39 is 9.96 Å². The van der Waals surface area contributed by atoms with Gasteiger partial charge in [0.2, 0.25) is 3.79 Å². The molecule has 0 unspecified atom stereocenters. The molecule has 7 heteroatoms. The van der Waals surface area contributed by atoms with Gasteiger partial charge in [-0.3, -0.25) is 4.79 Å². The minimum atomic E-state index is -1.69. The molecule has 2 aromatic rings. The summed E-state index contributed by atoms with van der Waals surface area (Å²) in [5, 5.41) is 7.61. The van der Waals surface area contributed by atoms with Crippen LogP contribution < -0.4 is 10.6 Å². The SMILES string of the molecule is Cc1ccc(N[C@H](NC(=O)c2cccs2)C(Cl)(Cl)Cl)c(C)c1. The summed E-state index contributed by atoms with van der Waals surface area (Å²) in [7, 11) is 0. The van der Waals surface area contributed by atoms with Gasteiger partial charge in [-0.2, -0.15) is 0 Å². The highest BCUT2D eigenvalue weighted by Gasteiger charge is 2.34. The number of benzene rings is 1. The summed E-state index contributed by atoms with van der Waals surface area (Å²) in [6.45, 7) is 3.95. The molecule has 1 heterocycles. The largest absolute Gasteiger partial charge is 0.362 e. The molecule has 1 atom stereocenters. The van der Waals surface area contributed by atoms with E-state index in [1.807, 2.05) is 37.4 Å². The lowest BCUT2D eigenvalue weighted by molar-refractivity contribution is 0.0946. The number of thiophene rings is 1. The van der Waals surface area contributed by atoms with E-state index in [1.54, 1.807) is 12.1 Å². The van der Waals surface area contributed by atoms with Gasteiger partial charge >= 0.3 is 0 Å². The molecular weight excluding hydrogens is 363 g/mol. The fourth-order valence-electron chi connectivity index (χ4n) is 1.94. The van der Waals surface area contributed by atoms with Crippen LogP contribution in [-0.4, -0.2) is 15.9 Å². The average molecular weight is 378 g/mol. The fourth-order valence-corrected chi connectivity index (χ4v) is 2.89. The third-order valence-electron chi connectivity index (χ3n) is 3.03. The molecule has 118 valence electrons. The molecule has 0 saturated carbocycles. The number of anilines is 1. The van der Waals surface area contributed by atoms with Crippen molar-refractivity contribution < 1.29 is 4.79 Å². The summed E-state index contributed by atoms with van der Waals surface area (Å²) in [6, 6.07) is 9.37. The third kappa shape index (κ3) is 4.53. The van der Waals surface area contributed by atoms with Crippen LogP contribution in [0.2, 0.25) is 0 Å². The Labute approximate surface area is 148 Å². The van der Waals surface area contributed by atoms with Crippen LogP contribution >= 0.6 is 46.1 Å². The number of nitrogens with one attached hydrogen (secondary N) is 2. The zero-order valence-corrected chi connectivity index (χ0v) is 15.1. The topological polar surface area (TPSA) is 41.1 Å². The van der Waals surface area contributed by atoms with Crippen LogP contribution in [0.25, 0.3) is 0 Å². The molecule has 1 amide bonds. The van der Waals surface area contributed by atoms with Crippen molar-refractivity contribution in [2.75, 3.05) is 5.32 Å². The Hall–Kier alpha value is -0.940. The molecular formula is C15H15Cl3N2OS. The maximum absolute atomic E-state index is 12.2. The van der Waals surface area contributed by atoms with Crippen LogP contribution in [0.1, 0.15) is 20.8 Å². The van der Waals surface area contributed by atoms with E-state index in [-0.39, 0.29) is 5.91 Å². The number of amides is 1. The van der Waals surface area contributed by atoms with Gasteiger partial charge in [-0.1, -0.05) is 58.6 Å². The Morgan fingerprint density at radius 3 is 2.50 bits per heavy atom. The summed E-state index contributed by atoms with van der Waals surface area (Å²) < 4.78 is -1.69. The predicted molar refractivity (Wildman–Crippen MR) is 95.4 cm³/mol. The normalized spacial score (nSPS) is 12.8. The van der Waals surface area contributed by atoms with Gasteiger partial charge in [-0.15, -0.1) is 11.3 Å². The molecule has 0 aliphatic heterocycles. The zero-order valence-electron chi connectivity index (χ0n) is 12.0. The van der Waals surface area contributed by atoms with E-state index in [4.69, 9.17) is 34.8 Å². The molecule has 0 aliphatic carbocycles. The molecule has 1 aromatic heterocycles. The van der Waals surface area contributed by atoms with Crippen molar-refractivity contribution in [3.63, 3.8) is 0 Å². The molecule has 0 aliphatic rings. The van der Waals surface area contributed by atoms with Crippen LogP contribution in [0.3, 0.4) is 0 Å². The van der Waals surface area contributed by atoms with Gasteiger partial charge in [0, 0.05) is 5.69 Å². The minimum Gasteiger partial charge on any atom is -0.362 e. The van der Waals surface area contributed by atoms with Crippen molar-refractivity contribution in [1.82, 2.24) is 5.32 Å². The standard InChI is InChI=1S/C15H15Cl3N2OS/c1-9-5-6-11(10(2)8-9)19-14(15(16,17)18)20-13(21)12-4-3-7-22-12/h3-8,14,19H,1-2H3,(H,20,21)/t14-/m1/s1. The van der Waals surface area contributed by atoms with Crippen molar-refractivity contribution in [2.45, 2.75) is 23.8 Å². The number of hydrogen-bond acceptors (Lipinski definition) is 3. The van der Waals surface area contributed by atoms with Gasteiger partial charge in [-0.05, 0) is 36.9 Å². The lowest BCUT2D eigenvalue weighted by Crippen LogP contribution is -2.49. The number of carbonyl (C=O) groups excluding carboxylic acids is 1. The number of alkyl halides is 3. The molecule has 2 N–H and O–H groups in total. The van der Waals surface area contributed by atoms with Crippen molar-refractivity contribution >= 4 is 57.7 Å². The molecule has 0 bridgehead atoms. The van der Waals surface area contributed by atoms with E-state index in [0.717, 1.165) is 16.8 Å². The van der Waals surface area contributed by atoms with E-state index in [9.17, 15) is 4.79 Å².